The van der Waals surface area contributed by atoms with Crippen LogP contribution in [-0.2, 0) is 0 Å². The Balaban J connectivity index is 1.90. The molecule has 106 valence electrons. The molecule has 0 radical (unpaired) electrons. The van der Waals surface area contributed by atoms with E-state index in [0.717, 1.165) is 18.5 Å². The van der Waals surface area contributed by atoms with Crippen molar-refractivity contribution in [2.75, 3.05) is 5.32 Å². The first-order chi connectivity index (χ1) is 9.63. The SMILES string of the molecule is Cc1cn(C2CCCC2)c(Nc2ccc(Cl)cc2F)n1. The summed E-state index contributed by atoms with van der Waals surface area (Å²) in [6.45, 7) is 1.95. The number of halogens is 2. The van der Waals surface area contributed by atoms with Crippen LogP contribution in [0.4, 0.5) is 16.0 Å². The van der Waals surface area contributed by atoms with Gasteiger partial charge in [0.2, 0.25) is 5.95 Å². The molecule has 1 aromatic heterocycles. The van der Waals surface area contributed by atoms with Gasteiger partial charge in [0.1, 0.15) is 5.82 Å². The highest BCUT2D eigenvalue weighted by atomic mass is 35.5. The van der Waals surface area contributed by atoms with Crippen molar-refractivity contribution in [1.82, 2.24) is 9.55 Å². The number of anilines is 2. The Morgan fingerprint density at radius 2 is 2.10 bits per heavy atom. The topological polar surface area (TPSA) is 29.9 Å². The molecule has 3 nitrogen and oxygen atoms in total. The van der Waals surface area contributed by atoms with Crippen molar-refractivity contribution in [3.8, 4) is 0 Å². The summed E-state index contributed by atoms with van der Waals surface area (Å²) in [5.74, 6) is 0.340. The molecule has 0 spiro atoms. The number of benzene rings is 1. The van der Waals surface area contributed by atoms with Crippen LogP contribution in [0.1, 0.15) is 37.4 Å². The third kappa shape index (κ3) is 2.66. The van der Waals surface area contributed by atoms with E-state index in [9.17, 15) is 4.39 Å². The number of aryl methyl sites for hydroxylation is 1. The van der Waals surface area contributed by atoms with Gasteiger partial charge in [-0.3, -0.25) is 0 Å². The molecule has 0 bridgehead atoms. The largest absolute Gasteiger partial charge is 0.323 e. The molecular formula is C15H17ClFN3. The van der Waals surface area contributed by atoms with E-state index in [-0.39, 0.29) is 5.82 Å². The number of imidazole rings is 1. The van der Waals surface area contributed by atoms with Crippen molar-refractivity contribution in [1.29, 1.82) is 0 Å². The lowest BCUT2D eigenvalue weighted by Gasteiger charge is -2.16. The number of aromatic nitrogens is 2. The number of hydrogen-bond acceptors (Lipinski definition) is 2. The van der Waals surface area contributed by atoms with Gasteiger partial charge in [0.25, 0.3) is 0 Å². The molecule has 1 heterocycles. The summed E-state index contributed by atoms with van der Waals surface area (Å²) in [6.07, 6.45) is 6.85. The second-order valence-corrected chi connectivity index (χ2v) is 5.74. The third-order valence-corrected chi connectivity index (χ3v) is 3.98. The molecule has 2 aromatic rings. The molecule has 0 amide bonds. The van der Waals surface area contributed by atoms with Crippen LogP contribution >= 0.6 is 11.6 Å². The minimum Gasteiger partial charge on any atom is -0.323 e. The van der Waals surface area contributed by atoms with Gasteiger partial charge in [-0.25, -0.2) is 9.37 Å². The summed E-state index contributed by atoms with van der Waals surface area (Å²) in [5, 5.41) is 3.48. The summed E-state index contributed by atoms with van der Waals surface area (Å²) in [7, 11) is 0. The predicted molar refractivity (Wildman–Crippen MR) is 79.2 cm³/mol. The highest BCUT2D eigenvalue weighted by Gasteiger charge is 2.20. The molecule has 0 saturated heterocycles. The van der Waals surface area contributed by atoms with Gasteiger partial charge in [-0.2, -0.15) is 0 Å². The summed E-state index contributed by atoms with van der Waals surface area (Å²) in [4.78, 5) is 4.47. The van der Waals surface area contributed by atoms with Crippen molar-refractivity contribution >= 4 is 23.2 Å². The minimum atomic E-state index is -0.365. The molecule has 3 rings (SSSR count). The predicted octanol–water partition coefficient (Wildman–Crippen LogP) is 4.84. The Morgan fingerprint density at radius 3 is 2.80 bits per heavy atom. The Kier molecular flexibility index (Phi) is 3.66. The summed E-state index contributed by atoms with van der Waals surface area (Å²) in [6, 6.07) is 5.08. The van der Waals surface area contributed by atoms with Crippen molar-refractivity contribution in [2.24, 2.45) is 0 Å². The molecule has 1 aliphatic rings. The molecule has 1 aliphatic carbocycles. The lowest BCUT2D eigenvalue weighted by atomic mass is 10.2. The Hall–Kier alpha value is -1.55. The quantitative estimate of drug-likeness (QED) is 0.877. The van der Waals surface area contributed by atoms with Gasteiger partial charge in [0.15, 0.2) is 0 Å². The fourth-order valence-corrected chi connectivity index (χ4v) is 2.94. The van der Waals surface area contributed by atoms with Gasteiger partial charge >= 0.3 is 0 Å². The molecule has 1 fully saturated rings. The van der Waals surface area contributed by atoms with E-state index in [1.165, 1.54) is 18.9 Å². The molecule has 1 aromatic carbocycles. The smallest absolute Gasteiger partial charge is 0.207 e. The van der Waals surface area contributed by atoms with E-state index in [2.05, 4.69) is 14.9 Å². The van der Waals surface area contributed by atoms with Crippen LogP contribution in [0.5, 0.6) is 0 Å². The lowest BCUT2D eigenvalue weighted by molar-refractivity contribution is 0.524. The normalized spacial score (nSPS) is 15.8. The average molecular weight is 294 g/mol. The summed E-state index contributed by atoms with van der Waals surface area (Å²) >= 11 is 5.77. The number of nitrogens with zero attached hydrogens (tertiary/aromatic N) is 2. The Labute approximate surface area is 122 Å². The van der Waals surface area contributed by atoms with E-state index in [0.29, 0.717) is 22.7 Å². The van der Waals surface area contributed by atoms with Crippen LogP contribution in [0.25, 0.3) is 0 Å². The maximum Gasteiger partial charge on any atom is 0.207 e. The first-order valence-electron chi connectivity index (χ1n) is 6.91. The van der Waals surface area contributed by atoms with E-state index in [1.54, 1.807) is 12.1 Å². The molecule has 0 unspecified atom stereocenters. The molecule has 0 aliphatic heterocycles. The van der Waals surface area contributed by atoms with Crippen molar-refractivity contribution < 1.29 is 4.39 Å². The average Bonchev–Trinajstić information content (AvgIpc) is 3.02. The van der Waals surface area contributed by atoms with Gasteiger partial charge in [-0.15, -0.1) is 0 Å². The zero-order valence-electron chi connectivity index (χ0n) is 11.4. The molecule has 5 heteroatoms. The van der Waals surface area contributed by atoms with Crippen LogP contribution in [-0.4, -0.2) is 9.55 Å². The standard InChI is InChI=1S/C15H17ClFN3/c1-10-9-20(12-4-2-3-5-12)15(18-10)19-14-7-6-11(16)8-13(14)17/h6-9,12H,2-5H2,1H3,(H,18,19). The first kappa shape index (κ1) is 13.4. The van der Waals surface area contributed by atoms with E-state index in [1.807, 2.05) is 13.1 Å². The monoisotopic (exact) mass is 293 g/mol. The summed E-state index contributed by atoms with van der Waals surface area (Å²) in [5.41, 5.74) is 1.34. The minimum absolute atomic E-state index is 0.365. The van der Waals surface area contributed by atoms with Crippen molar-refractivity contribution in [3.05, 3.63) is 40.9 Å². The molecule has 0 atom stereocenters. The zero-order chi connectivity index (χ0) is 14.1. The fraction of sp³-hybridized carbons (Fsp3) is 0.400. The Morgan fingerprint density at radius 1 is 1.35 bits per heavy atom. The fourth-order valence-electron chi connectivity index (χ4n) is 2.78. The highest BCUT2D eigenvalue weighted by molar-refractivity contribution is 6.30. The van der Waals surface area contributed by atoms with Crippen LogP contribution in [0, 0.1) is 12.7 Å². The maximum atomic E-state index is 13.9. The molecule has 20 heavy (non-hydrogen) atoms. The Bertz CT molecular complexity index is 618. The van der Waals surface area contributed by atoms with Crippen LogP contribution < -0.4 is 5.32 Å². The second kappa shape index (κ2) is 5.44. The first-order valence-corrected chi connectivity index (χ1v) is 7.29. The van der Waals surface area contributed by atoms with Gasteiger partial charge < -0.3 is 9.88 Å². The third-order valence-electron chi connectivity index (χ3n) is 3.75. The van der Waals surface area contributed by atoms with E-state index >= 15 is 0 Å². The van der Waals surface area contributed by atoms with E-state index in [4.69, 9.17) is 11.6 Å². The van der Waals surface area contributed by atoms with Gasteiger partial charge in [0.05, 0.1) is 11.4 Å². The molecule has 1 saturated carbocycles. The number of nitrogens with one attached hydrogen (secondary N) is 1. The maximum absolute atomic E-state index is 13.9. The van der Waals surface area contributed by atoms with Crippen LogP contribution in [0.15, 0.2) is 24.4 Å². The van der Waals surface area contributed by atoms with Gasteiger partial charge in [-0.1, -0.05) is 24.4 Å². The highest BCUT2D eigenvalue weighted by Crippen LogP contribution is 2.33. The summed E-state index contributed by atoms with van der Waals surface area (Å²) < 4.78 is 16.0. The number of rotatable bonds is 3. The van der Waals surface area contributed by atoms with E-state index < -0.39 is 0 Å². The lowest BCUT2D eigenvalue weighted by Crippen LogP contribution is -2.08. The molecule has 1 N–H and O–H groups in total. The van der Waals surface area contributed by atoms with Crippen LogP contribution in [0.2, 0.25) is 5.02 Å². The van der Waals surface area contributed by atoms with Crippen LogP contribution in [0.3, 0.4) is 0 Å². The van der Waals surface area contributed by atoms with Gasteiger partial charge in [-0.05, 0) is 38.0 Å². The molecular weight excluding hydrogens is 277 g/mol. The van der Waals surface area contributed by atoms with Gasteiger partial charge in [0, 0.05) is 17.3 Å². The van der Waals surface area contributed by atoms with Crippen molar-refractivity contribution in [2.45, 2.75) is 38.6 Å². The second-order valence-electron chi connectivity index (χ2n) is 5.30. The number of hydrogen-bond donors (Lipinski definition) is 1. The zero-order valence-corrected chi connectivity index (χ0v) is 12.1. The van der Waals surface area contributed by atoms with Crippen molar-refractivity contribution in [3.63, 3.8) is 0 Å².